The predicted octanol–water partition coefficient (Wildman–Crippen LogP) is 5.27. The minimum atomic E-state index is -0.908. The van der Waals surface area contributed by atoms with E-state index in [1.54, 1.807) is 24.3 Å². The average molecular weight is 456 g/mol. The maximum absolute atomic E-state index is 12.9. The molecule has 0 aromatic heterocycles. The molecule has 0 spiro atoms. The van der Waals surface area contributed by atoms with Crippen molar-refractivity contribution in [1.82, 2.24) is 4.90 Å². The summed E-state index contributed by atoms with van der Waals surface area (Å²) >= 11 is 0. The summed E-state index contributed by atoms with van der Waals surface area (Å²) in [5.41, 5.74) is 1.99. The first-order valence-corrected chi connectivity index (χ1v) is 11.9. The van der Waals surface area contributed by atoms with Crippen molar-refractivity contribution in [2.24, 2.45) is 0 Å². The largest absolute Gasteiger partial charge is 0.484 e. The van der Waals surface area contributed by atoms with Crippen LogP contribution in [0.4, 0.5) is 0 Å². The highest BCUT2D eigenvalue weighted by Crippen LogP contribution is 2.24. The summed E-state index contributed by atoms with van der Waals surface area (Å²) in [6.45, 7) is 5.83. The van der Waals surface area contributed by atoms with Crippen molar-refractivity contribution < 1.29 is 24.2 Å². The predicted molar refractivity (Wildman–Crippen MR) is 129 cm³/mol. The Kier molecular flexibility index (Phi) is 12.0. The monoisotopic (exact) mass is 455 g/mol. The zero-order chi connectivity index (χ0) is 23.9. The van der Waals surface area contributed by atoms with E-state index in [2.05, 4.69) is 19.1 Å². The molecule has 0 fully saturated rings. The van der Waals surface area contributed by atoms with Gasteiger partial charge in [-0.25, -0.2) is 0 Å². The van der Waals surface area contributed by atoms with Gasteiger partial charge in [-0.15, -0.1) is 0 Å². The fraction of sp³-hybridized carbons (Fsp3) is 0.481. The van der Waals surface area contributed by atoms with Crippen LogP contribution in [0.2, 0.25) is 0 Å². The van der Waals surface area contributed by atoms with Gasteiger partial charge in [-0.2, -0.15) is 0 Å². The molecule has 1 N–H and O–H groups in total. The Morgan fingerprint density at radius 1 is 0.939 bits per heavy atom. The first-order valence-electron chi connectivity index (χ1n) is 11.9. The number of ether oxygens (including phenoxy) is 2. The molecule has 0 aliphatic rings. The first kappa shape index (κ1) is 26.4. The first-order chi connectivity index (χ1) is 16.0. The van der Waals surface area contributed by atoms with Crippen molar-refractivity contribution >= 4 is 11.9 Å². The zero-order valence-electron chi connectivity index (χ0n) is 19.9. The standard InChI is InChI=1S/C27H37NO5/c1-3-5-6-10-18-28(19-17-22-11-8-7-9-12-22)26(29)21-33-24-15-13-23(14-16-24)25(32-4-2)20-27(30)31/h7-9,11-16,25H,3-6,10,17-21H2,1-2H3,(H,30,31). The Morgan fingerprint density at radius 2 is 1.67 bits per heavy atom. The number of rotatable bonds is 16. The van der Waals surface area contributed by atoms with E-state index in [0.717, 1.165) is 37.8 Å². The third kappa shape index (κ3) is 10.1. The molecule has 2 aromatic carbocycles. The van der Waals surface area contributed by atoms with E-state index in [0.29, 0.717) is 18.9 Å². The van der Waals surface area contributed by atoms with Crippen LogP contribution in [-0.4, -0.2) is 48.2 Å². The Balaban J connectivity index is 1.92. The molecule has 1 atom stereocenters. The molecule has 0 radical (unpaired) electrons. The maximum Gasteiger partial charge on any atom is 0.306 e. The van der Waals surface area contributed by atoms with Gasteiger partial charge in [0.25, 0.3) is 5.91 Å². The lowest BCUT2D eigenvalue weighted by atomic mass is 10.1. The second-order valence-electron chi connectivity index (χ2n) is 8.08. The van der Waals surface area contributed by atoms with Crippen molar-refractivity contribution in [2.75, 3.05) is 26.3 Å². The Labute approximate surface area is 197 Å². The second-order valence-corrected chi connectivity index (χ2v) is 8.08. The van der Waals surface area contributed by atoms with Gasteiger partial charge < -0.3 is 19.5 Å². The van der Waals surface area contributed by atoms with E-state index in [-0.39, 0.29) is 18.9 Å². The molecule has 6 nitrogen and oxygen atoms in total. The van der Waals surface area contributed by atoms with Crippen LogP contribution in [-0.2, 0) is 20.7 Å². The maximum atomic E-state index is 12.9. The van der Waals surface area contributed by atoms with Crippen LogP contribution in [0.5, 0.6) is 5.75 Å². The van der Waals surface area contributed by atoms with E-state index in [4.69, 9.17) is 14.6 Å². The summed E-state index contributed by atoms with van der Waals surface area (Å²) in [5, 5.41) is 9.08. The summed E-state index contributed by atoms with van der Waals surface area (Å²) < 4.78 is 11.3. The molecule has 180 valence electrons. The highest BCUT2D eigenvalue weighted by molar-refractivity contribution is 5.77. The molecular weight excluding hydrogens is 418 g/mol. The molecule has 0 saturated carbocycles. The van der Waals surface area contributed by atoms with Gasteiger partial charge in [-0.1, -0.05) is 68.7 Å². The third-order valence-corrected chi connectivity index (χ3v) is 5.49. The lowest BCUT2D eigenvalue weighted by molar-refractivity contribution is -0.140. The van der Waals surface area contributed by atoms with Gasteiger partial charge in [0.05, 0.1) is 12.5 Å². The lowest BCUT2D eigenvalue weighted by Crippen LogP contribution is -2.37. The summed E-state index contributed by atoms with van der Waals surface area (Å²) in [6.07, 6.45) is 4.66. The van der Waals surface area contributed by atoms with Gasteiger partial charge in [-0.3, -0.25) is 9.59 Å². The van der Waals surface area contributed by atoms with Crippen molar-refractivity contribution in [1.29, 1.82) is 0 Å². The number of amides is 1. The highest BCUT2D eigenvalue weighted by atomic mass is 16.5. The quantitative estimate of drug-likeness (QED) is 0.349. The summed E-state index contributed by atoms with van der Waals surface area (Å²) in [5.74, 6) is -0.356. The van der Waals surface area contributed by atoms with E-state index in [1.165, 1.54) is 12.0 Å². The molecule has 2 aromatic rings. The van der Waals surface area contributed by atoms with Gasteiger partial charge in [0.15, 0.2) is 6.61 Å². The van der Waals surface area contributed by atoms with Crippen LogP contribution in [0.1, 0.15) is 63.2 Å². The smallest absolute Gasteiger partial charge is 0.306 e. The molecule has 2 rings (SSSR count). The molecule has 33 heavy (non-hydrogen) atoms. The van der Waals surface area contributed by atoms with E-state index < -0.39 is 12.1 Å². The van der Waals surface area contributed by atoms with Crippen LogP contribution in [0.25, 0.3) is 0 Å². The van der Waals surface area contributed by atoms with Crippen LogP contribution in [0.3, 0.4) is 0 Å². The van der Waals surface area contributed by atoms with Gasteiger partial charge in [0, 0.05) is 19.7 Å². The van der Waals surface area contributed by atoms with Crippen LogP contribution >= 0.6 is 0 Å². The molecule has 0 bridgehead atoms. The SMILES string of the molecule is CCCCCCN(CCc1ccccc1)C(=O)COc1ccc(C(CC(=O)O)OCC)cc1. The molecule has 0 saturated heterocycles. The van der Waals surface area contributed by atoms with Gasteiger partial charge in [0.1, 0.15) is 5.75 Å². The van der Waals surface area contributed by atoms with E-state index >= 15 is 0 Å². The van der Waals surface area contributed by atoms with E-state index in [9.17, 15) is 9.59 Å². The summed E-state index contributed by atoms with van der Waals surface area (Å²) in [4.78, 5) is 25.9. The lowest BCUT2D eigenvalue weighted by Gasteiger charge is -2.23. The number of carbonyl (C=O) groups excluding carboxylic acids is 1. The van der Waals surface area contributed by atoms with Gasteiger partial charge in [-0.05, 0) is 43.0 Å². The van der Waals surface area contributed by atoms with E-state index in [1.807, 2.05) is 30.0 Å². The number of carboxylic acid groups (broad SMARTS) is 1. The zero-order valence-corrected chi connectivity index (χ0v) is 19.9. The molecule has 1 amide bonds. The summed E-state index contributed by atoms with van der Waals surface area (Å²) in [7, 11) is 0. The number of aliphatic carboxylic acids is 1. The third-order valence-electron chi connectivity index (χ3n) is 5.49. The fourth-order valence-corrected chi connectivity index (χ4v) is 3.65. The molecule has 0 aliphatic carbocycles. The minimum Gasteiger partial charge on any atom is -0.484 e. The topological polar surface area (TPSA) is 76.1 Å². The van der Waals surface area contributed by atoms with Gasteiger partial charge in [0.2, 0.25) is 0 Å². The van der Waals surface area contributed by atoms with Crippen LogP contribution in [0, 0.1) is 0 Å². The van der Waals surface area contributed by atoms with Crippen LogP contribution < -0.4 is 4.74 Å². The molecular formula is C27H37NO5. The Morgan fingerprint density at radius 3 is 2.30 bits per heavy atom. The number of unbranched alkanes of at least 4 members (excludes halogenated alkanes) is 3. The van der Waals surface area contributed by atoms with Crippen molar-refractivity contribution in [2.45, 2.75) is 58.5 Å². The highest BCUT2D eigenvalue weighted by Gasteiger charge is 2.17. The van der Waals surface area contributed by atoms with Crippen molar-refractivity contribution in [3.8, 4) is 5.75 Å². The number of nitrogens with zero attached hydrogens (tertiary/aromatic N) is 1. The van der Waals surface area contributed by atoms with Crippen LogP contribution in [0.15, 0.2) is 54.6 Å². The number of benzene rings is 2. The van der Waals surface area contributed by atoms with Crippen molar-refractivity contribution in [3.05, 3.63) is 65.7 Å². The Hall–Kier alpha value is -2.86. The minimum absolute atomic E-state index is 0.0219. The molecule has 6 heteroatoms. The molecule has 0 aliphatic heterocycles. The fourth-order valence-electron chi connectivity index (χ4n) is 3.65. The molecule has 0 heterocycles. The van der Waals surface area contributed by atoms with Crippen molar-refractivity contribution in [3.63, 3.8) is 0 Å². The number of carboxylic acids is 1. The molecule has 1 unspecified atom stereocenters. The summed E-state index contributed by atoms with van der Waals surface area (Å²) in [6, 6.07) is 17.3. The number of hydrogen-bond acceptors (Lipinski definition) is 4. The average Bonchev–Trinajstić information content (AvgIpc) is 2.82. The Bertz CT molecular complexity index is 822. The normalized spacial score (nSPS) is 11.7. The number of hydrogen-bond donors (Lipinski definition) is 1. The van der Waals surface area contributed by atoms with Gasteiger partial charge >= 0.3 is 5.97 Å². The number of carbonyl (C=O) groups is 2. The second kappa shape index (κ2) is 15.1.